The summed E-state index contributed by atoms with van der Waals surface area (Å²) in [6, 6.07) is 6.27. The summed E-state index contributed by atoms with van der Waals surface area (Å²) in [6.45, 7) is 0. The second-order valence-electron chi connectivity index (χ2n) is 6.12. The van der Waals surface area contributed by atoms with E-state index in [2.05, 4.69) is 10.2 Å². The zero-order chi connectivity index (χ0) is 15.1. The van der Waals surface area contributed by atoms with Crippen molar-refractivity contribution in [2.75, 3.05) is 0 Å². The monoisotopic (exact) mass is 296 g/mol. The Balaban J connectivity index is 1.78. The first-order chi connectivity index (χ1) is 10.7. The minimum atomic E-state index is -0.249. The van der Waals surface area contributed by atoms with Crippen molar-refractivity contribution < 1.29 is 9.18 Å². The van der Waals surface area contributed by atoms with Crippen LogP contribution in [0.4, 0.5) is 4.39 Å². The number of halogens is 1. The lowest BCUT2D eigenvalue weighted by molar-refractivity contribution is -0.115. The van der Waals surface area contributed by atoms with Crippen LogP contribution in [0.5, 0.6) is 0 Å². The molecule has 1 aromatic carbocycles. The van der Waals surface area contributed by atoms with Crippen LogP contribution in [0.25, 0.3) is 0 Å². The van der Waals surface area contributed by atoms with Gasteiger partial charge >= 0.3 is 0 Å². The molecule has 2 aliphatic carbocycles. The lowest BCUT2D eigenvalue weighted by Gasteiger charge is -2.22. The highest BCUT2D eigenvalue weighted by Crippen LogP contribution is 2.47. The topological polar surface area (TPSA) is 41.8 Å². The largest absolute Gasteiger partial charge is 0.295 e. The van der Waals surface area contributed by atoms with Crippen molar-refractivity contribution in [3.05, 3.63) is 58.1 Å². The smallest absolute Gasteiger partial charge is 0.159 e. The fourth-order valence-corrected chi connectivity index (χ4v) is 3.69. The Hall–Kier alpha value is -2.10. The number of allylic oxidation sites excluding steroid dienone is 2. The number of hydrogen-bond acceptors (Lipinski definition) is 3. The molecule has 1 heterocycles. The van der Waals surface area contributed by atoms with Gasteiger partial charge in [-0.05, 0) is 60.9 Å². The van der Waals surface area contributed by atoms with Gasteiger partial charge in [0.2, 0.25) is 0 Å². The molecule has 0 spiro atoms. The number of benzene rings is 1. The number of carbonyl (C=O) groups excluding carboxylic acids is 1. The Labute approximate surface area is 128 Å². The van der Waals surface area contributed by atoms with Crippen LogP contribution < -0.4 is 0 Å². The van der Waals surface area contributed by atoms with Crippen LogP contribution in [0.15, 0.2) is 56.9 Å². The number of nitrogens with zero attached hydrogens (tertiary/aromatic N) is 2. The van der Waals surface area contributed by atoms with Crippen LogP contribution in [-0.4, -0.2) is 5.78 Å². The van der Waals surface area contributed by atoms with Crippen molar-refractivity contribution in [2.24, 2.45) is 10.2 Å². The van der Waals surface area contributed by atoms with Crippen molar-refractivity contribution in [2.45, 2.75) is 44.6 Å². The van der Waals surface area contributed by atoms with E-state index in [-0.39, 0.29) is 11.9 Å². The van der Waals surface area contributed by atoms with Crippen LogP contribution in [-0.2, 0) is 4.79 Å². The van der Waals surface area contributed by atoms with Crippen LogP contribution in [0.2, 0.25) is 0 Å². The van der Waals surface area contributed by atoms with Crippen molar-refractivity contribution in [1.29, 1.82) is 0 Å². The van der Waals surface area contributed by atoms with Crippen LogP contribution in [0, 0.1) is 5.82 Å². The summed E-state index contributed by atoms with van der Waals surface area (Å²) in [4.78, 5) is 12.3. The SMILES string of the molecule is O=C1CCCCC2=C1CCC1=C2C(c2ccc(F)cc2)N=N1. The molecule has 0 amide bonds. The summed E-state index contributed by atoms with van der Waals surface area (Å²) in [5.41, 5.74) is 5.24. The molecule has 4 rings (SSSR count). The second-order valence-corrected chi connectivity index (χ2v) is 6.12. The van der Waals surface area contributed by atoms with Gasteiger partial charge in [-0.2, -0.15) is 10.2 Å². The molecule has 0 N–H and O–H groups in total. The van der Waals surface area contributed by atoms with Crippen molar-refractivity contribution >= 4 is 5.78 Å². The van der Waals surface area contributed by atoms with Gasteiger partial charge in [0.05, 0.1) is 5.70 Å². The summed E-state index contributed by atoms with van der Waals surface area (Å²) in [6.07, 6.45) is 5.18. The maximum atomic E-state index is 13.2. The molecule has 1 aromatic rings. The van der Waals surface area contributed by atoms with E-state index in [1.807, 2.05) is 0 Å². The fourth-order valence-electron chi connectivity index (χ4n) is 3.69. The third kappa shape index (κ3) is 2.14. The molecule has 4 heteroatoms. The van der Waals surface area contributed by atoms with E-state index in [1.165, 1.54) is 17.7 Å². The number of rotatable bonds is 1. The van der Waals surface area contributed by atoms with Crippen LogP contribution in [0.1, 0.15) is 50.1 Å². The maximum Gasteiger partial charge on any atom is 0.159 e. The van der Waals surface area contributed by atoms with E-state index >= 15 is 0 Å². The molecule has 3 nitrogen and oxygen atoms in total. The number of hydrogen-bond donors (Lipinski definition) is 0. The molecule has 0 bridgehead atoms. The van der Waals surface area contributed by atoms with E-state index < -0.39 is 0 Å². The molecular weight excluding hydrogens is 279 g/mol. The summed E-state index contributed by atoms with van der Waals surface area (Å²) in [5.74, 6) is 0.0462. The van der Waals surface area contributed by atoms with Crippen molar-refractivity contribution in [1.82, 2.24) is 0 Å². The molecule has 3 aliphatic rings. The summed E-state index contributed by atoms with van der Waals surface area (Å²) < 4.78 is 13.2. The molecular formula is C18H17FN2O. The molecule has 1 unspecified atom stereocenters. The number of Topliss-reactive ketones (excluding diaryl/α,β-unsaturated/α-hetero) is 1. The third-order valence-electron chi connectivity index (χ3n) is 4.78. The van der Waals surface area contributed by atoms with E-state index in [4.69, 9.17) is 0 Å². The quantitative estimate of drug-likeness (QED) is 0.732. The number of carbonyl (C=O) groups is 1. The average molecular weight is 296 g/mol. The Bertz CT molecular complexity index is 728. The Morgan fingerprint density at radius 3 is 2.55 bits per heavy atom. The highest BCUT2D eigenvalue weighted by atomic mass is 19.1. The first kappa shape index (κ1) is 13.6. The molecule has 0 fully saturated rings. The standard InChI is InChI=1S/C18H17FN2O/c19-12-7-5-11(6-8-12)18-17-14-3-1-2-4-16(22)13(14)9-10-15(17)20-21-18/h5-8,18H,1-4,9-10H2. The fraction of sp³-hybridized carbons (Fsp3) is 0.389. The van der Waals surface area contributed by atoms with Gasteiger partial charge < -0.3 is 0 Å². The first-order valence-electron chi connectivity index (χ1n) is 7.89. The van der Waals surface area contributed by atoms with E-state index in [0.29, 0.717) is 12.2 Å². The van der Waals surface area contributed by atoms with Crippen molar-refractivity contribution in [3.63, 3.8) is 0 Å². The molecule has 22 heavy (non-hydrogen) atoms. The molecule has 0 aromatic heterocycles. The van der Waals surface area contributed by atoms with Gasteiger partial charge in [0.1, 0.15) is 11.9 Å². The average Bonchev–Trinajstić information content (AvgIpc) is 2.87. The molecule has 0 saturated carbocycles. The third-order valence-corrected chi connectivity index (χ3v) is 4.78. The molecule has 1 atom stereocenters. The Morgan fingerprint density at radius 2 is 1.73 bits per heavy atom. The van der Waals surface area contributed by atoms with Gasteiger partial charge in [0.25, 0.3) is 0 Å². The lowest BCUT2D eigenvalue weighted by atomic mass is 9.81. The van der Waals surface area contributed by atoms with Crippen LogP contribution >= 0.6 is 0 Å². The van der Waals surface area contributed by atoms with Gasteiger partial charge in [-0.25, -0.2) is 4.39 Å². The first-order valence-corrected chi connectivity index (χ1v) is 7.89. The summed E-state index contributed by atoms with van der Waals surface area (Å²) in [7, 11) is 0. The predicted octanol–water partition coefficient (Wildman–Crippen LogP) is 4.82. The summed E-state index contributed by atoms with van der Waals surface area (Å²) in [5, 5.41) is 8.76. The highest BCUT2D eigenvalue weighted by molar-refractivity contribution is 5.97. The summed E-state index contributed by atoms with van der Waals surface area (Å²) >= 11 is 0. The molecule has 0 radical (unpaired) electrons. The normalized spacial score (nSPS) is 24.4. The van der Waals surface area contributed by atoms with Gasteiger partial charge in [-0.15, -0.1) is 0 Å². The minimum absolute atomic E-state index is 0.174. The van der Waals surface area contributed by atoms with E-state index in [9.17, 15) is 9.18 Å². The Kier molecular flexibility index (Phi) is 3.25. The van der Waals surface area contributed by atoms with Gasteiger partial charge in [-0.1, -0.05) is 12.1 Å². The molecule has 0 saturated heterocycles. The molecule has 112 valence electrons. The van der Waals surface area contributed by atoms with Crippen LogP contribution in [0.3, 0.4) is 0 Å². The zero-order valence-corrected chi connectivity index (χ0v) is 12.3. The Morgan fingerprint density at radius 1 is 0.955 bits per heavy atom. The minimum Gasteiger partial charge on any atom is -0.295 e. The van der Waals surface area contributed by atoms with Crippen molar-refractivity contribution in [3.8, 4) is 0 Å². The van der Waals surface area contributed by atoms with E-state index in [1.54, 1.807) is 12.1 Å². The van der Waals surface area contributed by atoms with Gasteiger partial charge in [-0.3, -0.25) is 4.79 Å². The highest BCUT2D eigenvalue weighted by Gasteiger charge is 2.34. The molecule has 1 aliphatic heterocycles. The van der Waals surface area contributed by atoms with Gasteiger partial charge in [0, 0.05) is 12.0 Å². The lowest BCUT2D eigenvalue weighted by Crippen LogP contribution is -2.12. The van der Waals surface area contributed by atoms with Gasteiger partial charge in [0.15, 0.2) is 5.78 Å². The predicted molar refractivity (Wildman–Crippen MR) is 80.8 cm³/mol. The zero-order valence-electron chi connectivity index (χ0n) is 12.3. The number of ketones is 1. The van der Waals surface area contributed by atoms with E-state index in [0.717, 1.165) is 54.5 Å². The maximum absolute atomic E-state index is 13.2. The second kappa shape index (κ2) is 5.27. The number of fused-ring (bicyclic) bond motifs is 1. The number of azo groups is 1.